The van der Waals surface area contributed by atoms with Gasteiger partial charge in [-0.3, -0.25) is 9.35 Å². The zero-order valence-electron chi connectivity index (χ0n) is 29.4. The predicted molar refractivity (Wildman–Crippen MR) is 202 cm³/mol. The zero-order chi connectivity index (χ0) is 34.7. The van der Waals surface area contributed by atoms with E-state index in [1.807, 2.05) is 0 Å². The van der Waals surface area contributed by atoms with Crippen LogP contribution in [0.4, 0.5) is 0 Å². The lowest BCUT2D eigenvalue weighted by molar-refractivity contribution is -0.122. The van der Waals surface area contributed by atoms with Crippen LogP contribution >= 0.6 is 0 Å². The summed E-state index contributed by atoms with van der Waals surface area (Å²) in [6.07, 6.45) is 49.6. The second-order valence-corrected chi connectivity index (χ2v) is 13.2. The van der Waals surface area contributed by atoms with Crippen molar-refractivity contribution in [3.8, 4) is 0 Å². The number of aliphatic hydroxyl groups is 1. The molecule has 0 aliphatic heterocycles. The molecule has 2 atom stereocenters. The molecule has 7 heteroatoms. The first-order valence-corrected chi connectivity index (χ1v) is 19.5. The minimum atomic E-state index is -4.37. The van der Waals surface area contributed by atoms with E-state index in [4.69, 9.17) is 0 Å². The molecule has 3 N–H and O–H groups in total. The van der Waals surface area contributed by atoms with E-state index in [9.17, 15) is 22.9 Å². The lowest BCUT2D eigenvalue weighted by Gasteiger charge is -2.21. The van der Waals surface area contributed by atoms with Crippen molar-refractivity contribution in [3.63, 3.8) is 0 Å². The molecule has 0 saturated carbocycles. The molecular formula is C40H65NO5S. The van der Waals surface area contributed by atoms with Crippen molar-refractivity contribution in [1.82, 2.24) is 5.32 Å². The fraction of sp³-hybridized carbons (Fsp3) is 0.575. The standard InChI is InChI=1S/C40H65NO5S/c1-3-5-7-9-11-13-15-17-18-19-20-21-22-24-26-28-30-32-34-36-40(43)41-38(37-47(44,45)46)39(42)35-33-31-29-27-25-23-16-14-12-10-8-6-4-2/h5,7,11-14,17-18,20-21,24-27,33,35,38-39,42H,3-4,6,8-10,15-16,19,22-23,28-32,34,36-37H2,1-2H3,(H,41,43)(H,44,45,46)/b7-5-,13-11-,14-12+,18-17-,21-20-,26-24-,27-25+,35-33+. The third kappa shape index (κ3) is 34.4. The van der Waals surface area contributed by atoms with Gasteiger partial charge in [0.1, 0.15) is 0 Å². The Labute approximate surface area is 288 Å². The SMILES string of the molecule is CC/C=C\C/C=C\C/C=C\C/C=C\C/C=C\CCCCCC(=O)NC(CS(=O)(=O)O)C(O)/C=C/CC/C=C/CC/C=C/CCCCC. The number of unbranched alkanes of at least 4 members (excludes halogenated alkanes) is 8. The fourth-order valence-corrected chi connectivity index (χ4v) is 5.30. The van der Waals surface area contributed by atoms with Crippen LogP contribution in [-0.2, 0) is 14.9 Å². The molecule has 0 aliphatic carbocycles. The molecule has 0 radical (unpaired) electrons. The summed E-state index contributed by atoms with van der Waals surface area (Å²) in [6, 6.07) is -1.10. The molecule has 0 rings (SSSR count). The summed E-state index contributed by atoms with van der Waals surface area (Å²) in [5, 5.41) is 13.1. The quantitative estimate of drug-likeness (QED) is 0.0401. The van der Waals surface area contributed by atoms with E-state index < -0.39 is 28.0 Å². The highest BCUT2D eigenvalue weighted by molar-refractivity contribution is 7.85. The number of hydrogen-bond acceptors (Lipinski definition) is 4. The van der Waals surface area contributed by atoms with E-state index in [0.717, 1.165) is 77.0 Å². The Kier molecular flexibility index (Phi) is 31.2. The summed E-state index contributed by atoms with van der Waals surface area (Å²) < 4.78 is 32.3. The van der Waals surface area contributed by atoms with E-state index in [-0.39, 0.29) is 12.3 Å². The first-order chi connectivity index (χ1) is 22.8. The van der Waals surface area contributed by atoms with E-state index in [1.165, 1.54) is 25.3 Å². The first kappa shape index (κ1) is 44.3. The van der Waals surface area contributed by atoms with Crippen molar-refractivity contribution in [2.45, 2.75) is 142 Å². The number of carbonyl (C=O) groups is 1. The topological polar surface area (TPSA) is 104 Å². The van der Waals surface area contributed by atoms with Crippen LogP contribution in [0.15, 0.2) is 97.2 Å². The number of aliphatic hydroxyl groups excluding tert-OH is 1. The third-order valence-electron chi connectivity index (χ3n) is 7.22. The van der Waals surface area contributed by atoms with Gasteiger partial charge in [-0.05, 0) is 89.9 Å². The maximum atomic E-state index is 12.4. The van der Waals surface area contributed by atoms with Gasteiger partial charge in [-0.15, -0.1) is 0 Å². The van der Waals surface area contributed by atoms with Gasteiger partial charge < -0.3 is 10.4 Å². The Morgan fingerprint density at radius 1 is 0.596 bits per heavy atom. The summed E-state index contributed by atoms with van der Waals surface area (Å²) in [4.78, 5) is 12.4. The average Bonchev–Trinajstić information content (AvgIpc) is 3.03. The van der Waals surface area contributed by atoms with E-state index in [0.29, 0.717) is 12.8 Å². The normalized spacial score (nSPS) is 14.6. The maximum Gasteiger partial charge on any atom is 0.267 e. The minimum absolute atomic E-state index is 0.239. The van der Waals surface area contributed by atoms with Crippen molar-refractivity contribution in [3.05, 3.63) is 97.2 Å². The zero-order valence-corrected chi connectivity index (χ0v) is 30.2. The number of amides is 1. The number of carbonyl (C=O) groups excluding carboxylic acids is 1. The third-order valence-corrected chi connectivity index (χ3v) is 8.00. The van der Waals surface area contributed by atoms with Crippen LogP contribution in [0.2, 0.25) is 0 Å². The molecule has 0 heterocycles. The molecule has 0 aromatic rings. The highest BCUT2D eigenvalue weighted by atomic mass is 32.2. The van der Waals surface area contributed by atoms with Crippen molar-refractivity contribution in [2.75, 3.05) is 5.75 Å². The lowest BCUT2D eigenvalue weighted by Crippen LogP contribution is -2.46. The van der Waals surface area contributed by atoms with Crippen LogP contribution in [0.5, 0.6) is 0 Å². The van der Waals surface area contributed by atoms with Crippen LogP contribution in [0.1, 0.15) is 129 Å². The van der Waals surface area contributed by atoms with Crippen LogP contribution in [0.25, 0.3) is 0 Å². The Bertz CT molecular complexity index is 1100. The van der Waals surface area contributed by atoms with E-state index >= 15 is 0 Å². The van der Waals surface area contributed by atoms with Crippen molar-refractivity contribution >= 4 is 16.0 Å². The van der Waals surface area contributed by atoms with Gasteiger partial charge in [0.25, 0.3) is 10.1 Å². The molecule has 0 bridgehead atoms. The van der Waals surface area contributed by atoms with Gasteiger partial charge in [-0.1, -0.05) is 130 Å². The van der Waals surface area contributed by atoms with E-state index in [2.05, 4.69) is 104 Å². The van der Waals surface area contributed by atoms with Crippen LogP contribution in [0.3, 0.4) is 0 Å². The molecule has 0 spiro atoms. The van der Waals surface area contributed by atoms with Gasteiger partial charge in [0.15, 0.2) is 0 Å². The Morgan fingerprint density at radius 2 is 1.04 bits per heavy atom. The molecular weight excluding hydrogens is 607 g/mol. The number of hydrogen-bond donors (Lipinski definition) is 3. The predicted octanol–water partition coefficient (Wildman–Crippen LogP) is 10.2. The summed E-state index contributed by atoms with van der Waals surface area (Å²) in [5.41, 5.74) is 0. The van der Waals surface area contributed by atoms with Crippen LogP contribution in [-0.4, -0.2) is 41.9 Å². The van der Waals surface area contributed by atoms with Gasteiger partial charge in [0.2, 0.25) is 5.91 Å². The second kappa shape index (κ2) is 33.2. The van der Waals surface area contributed by atoms with Crippen molar-refractivity contribution < 1.29 is 22.9 Å². The van der Waals surface area contributed by atoms with Gasteiger partial charge in [0, 0.05) is 6.42 Å². The Hall–Kier alpha value is -2.74. The van der Waals surface area contributed by atoms with E-state index in [1.54, 1.807) is 6.08 Å². The molecule has 0 aliphatic rings. The molecule has 0 fully saturated rings. The first-order valence-electron chi connectivity index (χ1n) is 17.9. The summed E-state index contributed by atoms with van der Waals surface area (Å²) in [7, 11) is -4.37. The van der Waals surface area contributed by atoms with Gasteiger partial charge >= 0.3 is 0 Å². The monoisotopic (exact) mass is 671 g/mol. The van der Waals surface area contributed by atoms with Gasteiger partial charge in [0.05, 0.1) is 17.9 Å². The smallest absolute Gasteiger partial charge is 0.267 e. The average molecular weight is 672 g/mol. The number of rotatable bonds is 30. The highest BCUT2D eigenvalue weighted by Crippen LogP contribution is 2.08. The number of nitrogens with one attached hydrogen (secondary N) is 1. The molecule has 47 heavy (non-hydrogen) atoms. The molecule has 2 unspecified atom stereocenters. The minimum Gasteiger partial charge on any atom is -0.387 e. The largest absolute Gasteiger partial charge is 0.387 e. The molecule has 266 valence electrons. The Morgan fingerprint density at radius 3 is 1.55 bits per heavy atom. The molecule has 0 saturated heterocycles. The molecule has 0 aromatic heterocycles. The summed E-state index contributed by atoms with van der Waals surface area (Å²) in [6.45, 7) is 4.35. The summed E-state index contributed by atoms with van der Waals surface area (Å²) >= 11 is 0. The maximum absolute atomic E-state index is 12.4. The Balaban J connectivity index is 4.17. The van der Waals surface area contributed by atoms with Gasteiger partial charge in [-0.25, -0.2) is 0 Å². The van der Waals surface area contributed by atoms with Crippen LogP contribution < -0.4 is 5.32 Å². The molecule has 6 nitrogen and oxygen atoms in total. The van der Waals surface area contributed by atoms with Crippen molar-refractivity contribution in [2.24, 2.45) is 0 Å². The number of allylic oxidation sites excluding steroid dienone is 15. The molecule has 1 amide bonds. The highest BCUT2D eigenvalue weighted by Gasteiger charge is 2.24. The van der Waals surface area contributed by atoms with Crippen molar-refractivity contribution in [1.29, 1.82) is 0 Å². The second-order valence-electron chi connectivity index (χ2n) is 11.7. The molecule has 0 aromatic carbocycles. The lowest BCUT2D eigenvalue weighted by atomic mass is 10.1. The van der Waals surface area contributed by atoms with Gasteiger partial charge in [-0.2, -0.15) is 8.42 Å². The summed E-state index contributed by atoms with van der Waals surface area (Å²) in [5.74, 6) is -1.07. The van der Waals surface area contributed by atoms with Crippen LogP contribution in [0, 0.1) is 0 Å². The fourth-order valence-electron chi connectivity index (χ4n) is 4.56.